The van der Waals surface area contributed by atoms with Crippen molar-refractivity contribution in [1.29, 1.82) is 0 Å². The zero-order valence-electron chi connectivity index (χ0n) is 19.8. The van der Waals surface area contributed by atoms with Crippen LogP contribution in [0.3, 0.4) is 0 Å². The number of halogens is 3. The van der Waals surface area contributed by atoms with E-state index in [1.165, 1.54) is 5.56 Å². The van der Waals surface area contributed by atoms with E-state index in [0.717, 1.165) is 37.8 Å². The summed E-state index contributed by atoms with van der Waals surface area (Å²) in [5, 5.41) is 2.68. The van der Waals surface area contributed by atoms with Crippen LogP contribution in [0.4, 0.5) is 5.69 Å². The number of thiocarbonyl (C=S) groups is 1. The van der Waals surface area contributed by atoms with Crippen molar-refractivity contribution in [1.82, 2.24) is 9.47 Å². The second kappa shape index (κ2) is 9.67. The van der Waals surface area contributed by atoms with Crippen LogP contribution in [-0.2, 0) is 11.3 Å². The Morgan fingerprint density at radius 3 is 2.50 bits per heavy atom. The van der Waals surface area contributed by atoms with Gasteiger partial charge in [-0.05, 0) is 91.3 Å². The number of likely N-dealkylation sites (N-methyl/N-ethyl adjacent to an activating group) is 1. The number of hydrogen-bond acceptors (Lipinski definition) is 2. The van der Waals surface area contributed by atoms with Crippen LogP contribution in [0.1, 0.15) is 22.3 Å². The van der Waals surface area contributed by atoms with Crippen molar-refractivity contribution in [3.8, 4) is 0 Å². The van der Waals surface area contributed by atoms with Gasteiger partial charge in [-0.1, -0.05) is 51.3 Å². The number of amides is 1. The number of fused-ring (bicyclic) bond motifs is 1. The molecule has 0 atom stereocenters. The third-order valence-electron chi connectivity index (χ3n) is 6.53. The average Bonchev–Trinajstić information content (AvgIpc) is 3.26. The molecule has 0 radical (unpaired) electrons. The van der Waals surface area contributed by atoms with E-state index in [1.54, 1.807) is 15.9 Å². The SMILES string of the molecule is Cc1ccc(N2C(=O)/C(=C/c3cn(Cc4ccc(Cl)cc4Cl)c4ccc(Br)cc34)N(C)C2=S)cc1C. The lowest BCUT2D eigenvalue weighted by molar-refractivity contribution is -0.114. The highest BCUT2D eigenvalue weighted by Crippen LogP contribution is 2.33. The van der Waals surface area contributed by atoms with E-state index in [-0.39, 0.29) is 5.91 Å². The maximum Gasteiger partial charge on any atom is 0.281 e. The van der Waals surface area contributed by atoms with E-state index in [0.29, 0.717) is 27.4 Å². The van der Waals surface area contributed by atoms with Crippen molar-refractivity contribution in [2.24, 2.45) is 0 Å². The lowest BCUT2D eigenvalue weighted by Crippen LogP contribution is -2.31. The van der Waals surface area contributed by atoms with Gasteiger partial charge in [0.25, 0.3) is 5.91 Å². The Morgan fingerprint density at radius 2 is 1.78 bits per heavy atom. The highest BCUT2D eigenvalue weighted by Gasteiger charge is 2.37. The molecule has 1 aliphatic rings. The molecule has 3 aromatic carbocycles. The zero-order chi connectivity index (χ0) is 25.7. The molecular formula is C28H22BrCl2N3OS. The highest BCUT2D eigenvalue weighted by molar-refractivity contribution is 9.10. The zero-order valence-corrected chi connectivity index (χ0v) is 23.8. The Kier molecular flexibility index (Phi) is 6.72. The lowest BCUT2D eigenvalue weighted by Gasteiger charge is -2.17. The second-order valence-electron chi connectivity index (χ2n) is 8.89. The Hall–Kier alpha value is -2.64. The van der Waals surface area contributed by atoms with Crippen LogP contribution < -0.4 is 4.90 Å². The van der Waals surface area contributed by atoms with Crippen molar-refractivity contribution in [2.75, 3.05) is 11.9 Å². The molecule has 1 amide bonds. The van der Waals surface area contributed by atoms with Crippen molar-refractivity contribution in [2.45, 2.75) is 20.4 Å². The molecule has 0 N–H and O–H groups in total. The molecule has 0 unspecified atom stereocenters. The molecule has 1 aromatic heterocycles. The first-order valence-corrected chi connectivity index (χ1v) is 13.2. The molecule has 5 rings (SSSR count). The van der Waals surface area contributed by atoms with Gasteiger partial charge >= 0.3 is 0 Å². The molecule has 4 aromatic rings. The fourth-order valence-electron chi connectivity index (χ4n) is 4.37. The van der Waals surface area contributed by atoms with E-state index in [9.17, 15) is 4.79 Å². The van der Waals surface area contributed by atoms with Crippen LogP contribution in [-0.4, -0.2) is 27.5 Å². The summed E-state index contributed by atoms with van der Waals surface area (Å²) in [6, 6.07) is 17.6. The van der Waals surface area contributed by atoms with Gasteiger partial charge in [-0.25, -0.2) is 0 Å². The van der Waals surface area contributed by atoms with Gasteiger partial charge in [0, 0.05) is 50.8 Å². The first-order chi connectivity index (χ1) is 17.1. The molecule has 0 aliphatic carbocycles. The second-order valence-corrected chi connectivity index (χ2v) is 11.0. The third kappa shape index (κ3) is 4.48. The molecule has 0 spiro atoms. The fourth-order valence-corrected chi connectivity index (χ4v) is 5.49. The predicted molar refractivity (Wildman–Crippen MR) is 157 cm³/mol. The van der Waals surface area contributed by atoms with Gasteiger partial charge in [0.1, 0.15) is 5.70 Å². The molecule has 8 heteroatoms. The molecule has 0 saturated carbocycles. The topological polar surface area (TPSA) is 28.5 Å². The smallest absolute Gasteiger partial charge is 0.281 e. The summed E-state index contributed by atoms with van der Waals surface area (Å²) in [7, 11) is 1.83. The number of carbonyl (C=O) groups excluding carboxylic acids is 1. The van der Waals surface area contributed by atoms with Gasteiger partial charge < -0.3 is 9.47 Å². The van der Waals surface area contributed by atoms with Gasteiger partial charge in [-0.2, -0.15) is 0 Å². The van der Waals surface area contributed by atoms with E-state index in [2.05, 4.69) is 32.6 Å². The molecule has 1 saturated heterocycles. The van der Waals surface area contributed by atoms with Crippen LogP contribution in [0.5, 0.6) is 0 Å². The quantitative estimate of drug-likeness (QED) is 0.176. The molecule has 36 heavy (non-hydrogen) atoms. The van der Waals surface area contributed by atoms with Gasteiger partial charge in [0.05, 0.1) is 5.69 Å². The summed E-state index contributed by atoms with van der Waals surface area (Å²) in [6.45, 7) is 4.64. The number of rotatable bonds is 4. The van der Waals surface area contributed by atoms with Crippen LogP contribution in [0.2, 0.25) is 10.0 Å². The van der Waals surface area contributed by atoms with Crippen LogP contribution >= 0.6 is 51.3 Å². The van der Waals surface area contributed by atoms with Gasteiger partial charge in [0.2, 0.25) is 0 Å². The van der Waals surface area contributed by atoms with E-state index < -0.39 is 0 Å². The summed E-state index contributed by atoms with van der Waals surface area (Å²) in [5.74, 6) is -0.151. The van der Waals surface area contributed by atoms with E-state index in [4.69, 9.17) is 35.4 Å². The monoisotopic (exact) mass is 597 g/mol. The molecule has 182 valence electrons. The molecule has 4 nitrogen and oxygen atoms in total. The van der Waals surface area contributed by atoms with E-state index in [1.807, 2.05) is 69.6 Å². The highest BCUT2D eigenvalue weighted by atomic mass is 79.9. The summed E-state index contributed by atoms with van der Waals surface area (Å²) < 4.78 is 3.08. The third-order valence-corrected chi connectivity index (χ3v) is 8.07. The summed E-state index contributed by atoms with van der Waals surface area (Å²) in [5.41, 5.74) is 6.45. The molecule has 1 aliphatic heterocycles. The average molecular weight is 599 g/mol. The number of aromatic nitrogens is 1. The predicted octanol–water partition coefficient (Wildman–Crippen LogP) is 7.98. The van der Waals surface area contributed by atoms with Crippen molar-refractivity contribution < 1.29 is 4.79 Å². The largest absolute Gasteiger partial charge is 0.342 e. The van der Waals surface area contributed by atoms with Crippen molar-refractivity contribution >= 4 is 85.0 Å². The standard InChI is InChI=1S/C28H22BrCl2N3OS/c1-16-4-8-22(10-17(16)2)34-27(35)26(32(3)28(34)36)11-19-15-33(25-9-6-20(29)12-23(19)25)14-18-5-7-21(30)13-24(18)31/h4-13,15H,14H2,1-3H3/b26-11-. The summed E-state index contributed by atoms with van der Waals surface area (Å²) in [6.07, 6.45) is 3.95. The van der Waals surface area contributed by atoms with Crippen LogP contribution in [0.25, 0.3) is 17.0 Å². The number of anilines is 1. The first kappa shape index (κ1) is 25.0. The minimum atomic E-state index is -0.151. The lowest BCUT2D eigenvalue weighted by atomic mass is 10.1. The Morgan fingerprint density at radius 1 is 1.00 bits per heavy atom. The number of carbonyl (C=O) groups is 1. The maximum absolute atomic E-state index is 13.6. The Labute approximate surface area is 233 Å². The Balaban J connectivity index is 1.58. The normalized spacial score (nSPS) is 15.1. The van der Waals surface area contributed by atoms with Crippen molar-refractivity contribution in [3.63, 3.8) is 0 Å². The molecule has 1 fully saturated rings. The van der Waals surface area contributed by atoms with E-state index >= 15 is 0 Å². The number of benzene rings is 3. The number of nitrogens with zero attached hydrogens (tertiary/aromatic N) is 3. The first-order valence-electron chi connectivity index (χ1n) is 11.3. The molecule has 2 heterocycles. The number of aryl methyl sites for hydroxylation is 2. The van der Waals surface area contributed by atoms with Gasteiger partial charge in [-0.15, -0.1) is 0 Å². The van der Waals surface area contributed by atoms with Gasteiger partial charge in [-0.3, -0.25) is 9.69 Å². The van der Waals surface area contributed by atoms with Crippen LogP contribution in [0, 0.1) is 13.8 Å². The minimum Gasteiger partial charge on any atom is -0.342 e. The number of hydrogen-bond donors (Lipinski definition) is 0. The van der Waals surface area contributed by atoms with Crippen molar-refractivity contribution in [3.05, 3.63) is 103 Å². The Bertz CT molecular complexity index is 1590. The molecular weight excluding hydrogens is 577 g/mol. The minimum absolute atomic E-state index is 0.151. The van der Waals surface area contributed by atoms with Crippen LogP contribution in [0.15, 0.2) is 71.0 Å². The summed E-state index contributed by atoms with van der Waals surface area (Å²) in [4.78, 5) is 16.9. The fraction of sp³-hybridized carbons (Fsp3) is 0.143. The summed E-state index contributed by atoms with van der Waals surface area (Å²) >= 11 is 21.8. The molecule has 0 bridgehead atoms. The van der Waals surface area contributed by atoms with Gasteiger partial charge in [0.15, 0.2) is 5.11 Å². The maximum atomic E-state index is 13.6.